The van der Waals surface area contributed by atoms with Crippen molar-refractivity contribution in [1.82, 2.24) is 0 Å². The van der Waals surface area contributed by atoms with Crippen molar-refractivity contribution in [3.8, 4) is 0 Å². The molecule has 0 heterocycles. The van der Waals surface area contributed by atoms with Gasteiger partial charge in [-0.1, -0.05) is 26.2 Å². The van der Waals surface area contributed by atoms with Gasteiger partial charge in [-0.15, -0.1) is 11.8 Å². The molecule has 0 aliphatic carbocycles. The molecule has 0 N–H and O–H groups in total. The zero-order valence-electron chi connectivity index (χ0n) is 12.0. The molecule has 0 fully saturated rings. The number of ether oxygens (including phenoxy) is 1. The van der Waals surface area contributed by atoms with E-state index in [9.17, 15) is 13.6 Å². The molecular formula is C14H26F2O2S. The van der Waals surface area contributed by atoms with Gasteiger partial charge in [-0.05, 0) is 31.9 Å². The number of carbonyl (C=O) groups is 1. The standard InChI is InChI=1S/C14H26F2O2S/c1-3-5-9-12(14(17)18-4-2)19-11-8-6-7-10-13(15)16/h12-13H,3-11H2,1-2H3. The monoisotopic (exact) mass is 296 g/mol. The maximum Gasteiger partial charge on any atom is 0.319 e. The molecule has 0 amide bonds. The van der Waals surface area contributed by atoms with E-state index in [1.807, 2.05) is 6.92 Å². The Bertz CT molecular complexity index is 225. The number of carbonyl (C=O) groups excluding carboxylic acids is 1. The van der Waals surface area contributed by atoms with E-state index >= 15 is 0 Å². The van der Waals surface area contributed by atoms with Gasteiger partial charge in [-0.3, -0.25) is 4.79 Å². The van der Waals surface area contributed by atoms with Crippen molar-refractivity contribution < 1.29 is 18.3 Å². The molecule has 0 aliphatic heterocycles. The Labute approximate surface area is 119 Å². The van der Waals surface area contributed by atoms with E-state index in [-0.39, 0.29) is 17.6 Å². The highest BCUT2D eigenvalue weighted by Gasteiger charge is 2.19. The zero-order chi connectivity index (χ0) is 14.5. The quantitative estimate of drug-likeness (QED) is 0.387. The maximum atomic E-state index is 11.9. The summed E-state index contributed by atoms with van der Waals surface area (Å²) in [5.74, 6) is 0.713. The molecule has 0 saturated heterocycles. The first-order chi connectivity index (χ1) is 9.11. The molecule has 1 atom stereocenters. The second-order valence-electron chi connectivity index (χ2n) is 4.49. The molecule has 2 nitrogen and oxygen atoms in total. The van der Waals surface area contributed by atoms with Gasteiger partial charge in [0.15, 0.2) is 0 Å². The fourth-order valence-corrected chi connectivity index (χ4v) is 2.89. The summed E-state index contributed by atoms with van der Waals surface area (Å²) in [6.07, 6.45) is 2.98. The second kappa shape index (κ2) is 12.7. The Morgan fingerprint density at radius 3 is 2.42 bits per heavy atom. The lowest BCUT2D eigenvalue weighted by molar-refractivity contribution is -0.142. The van der Waals surface area contributed by atoms with Gasteiger partial charge in [0, 0.05) is 6.42 Å². The minimum absolute atomic E-state index is 0.0121. The molecule has 114 valence electrons. The number of unbranched alkanes of at least 4 members (excludes halogenated alkanes) is 3. The average Bonchev–Trinajstić information content (AvgIpc) is 2.36. The predicted molar refractivity (Wildman–Crippen MR) is 76.9 cm³/mol. The van der Waals surface area contributed by atoms with Crippen LogP contribution < -0.4 is 0 Å². The molecule has 0 saturated carbocycles. The fourth-order valence-electron chi connectivity index (χ4n) is 1.70. The predicted octanol–water partition coefficient (Wildman–Crippen LogP) is 4.67. The molecule has 0 aromatic heterocycles. The van der Waals surface area contributed by atoms with Gasteiger partial charge >= 0.3 is 5.97 Å². The van der Waals surface area contributed by atoms with Gasteiger partial charge in [0.2, 0.25) is 6.43 Å². The molecular weight excluding hydrogens is 270 g/mol. The molecule has 1 unspecified atom stereocenters. The van der Waals surface area contributed by atoms with E-state index in [1.54, 1.807) is 11.8 Å². The number of esters is 1. The first kappa shape index (κ1) is 18.7. The number of hydrogen-bond donors (Lipinski definition) is 0. The van der Waals surface area contributed by atoms with Crippen molar-refractivity contribution in [3.05, 3.63) is 0 Å². The highest BCUT2D eigenvalue weighted by atomic mass is 32.2. The van der Waals surface area contributed by atoms with Crippen molar-refractivity contribution in [2.24, 2.45) is 0 Å². The lowest BCUT2D eigenvalue weighted by Crippen LogP contribution is -2.20. The summed E-state index contributed by atoms with van der Waals surface area (Å²) < 4.78 is 28.9. The largest absolute Gasteiger partial charge is 0.465 e. The first-order valence-corrected chi connectivity index (χ1v) is 8.23. The minimum atomic E-state index is -2.19. The number of hydrogen-bond acceptors (Lipinski definition) is 3. The van der Waals surface area contributed by atoms with Crippen LogP contribution in [0.5, 0.6) is 0 Å². The molecule has 0 aromatic carbocycles. The van der Waals surface area contributed by atoms with E-state index in [2.05, 4.69) is 6.92 Å². The summed E-state index contributed by atoms with van der Waals surface area (Å²) in [6.45, 7) is 4.32. The van der Waals surface area contributed by atoms with Crippen LogP contribution in [-0.4, -0.2) is 30.0 Å². The van der Waals surface area contributed by atoms with Crippen LogP contribution in [0.4, 0.5) is 8.78 Å². The summed E-state index contributed by atoms with van der Waals surface area (Å²) in [4.78, 5) is 11.7. The Hall–Kier alpha value is -0.320. The number of rotatable bonds is 12. The summed E-state index contributed by atoms with van der Waals surface area (Å²) in [7, 11) is 0. The Morgan fingerprint density at radius 1 is 1.11 bits per heavy atom. The van der Waals surface area contributed by atoms with Crippen molar-refractivity contribution in [2.75, 3.05) is 12.4 Å². The summed E-state index contributed by atoms with van der Waals surface area (Å²) in [5, 5.41) is -0.0880. The summed E-state index contributed by atoms with van der Waals surface area (Å²) in [6, 6.07) is 0. The minimum Gasteiger partial charge on any atom is -0.465 e. The molecule has 0 aliphatic rings. The van der Waals surface area contributed by atoms with Gasteiger partial charge in [-0.2, -0.15) is 0 Å². The highest BCUT2D eigenvalue weighted by molar-refractivity contribution is 8.00. The van der Waals surface area contributed by atoms with E-state index < -0.39 is 6.43 Å². The van der Waals surface area contributed by atoms with Gasteiger partial charge in [0.05, 0.1) is 6.61 Å². The van der Waals surface area contributed by atoms with Crippen molar-refractivity contribution in [3.63, 3.8) is 0 Å². The van der Waals surface area contributed by atoms with Gasteiger partial charge < -0.3 is 4.74 Å². The van der Waals surface area contributed by atoms with E-state index in [0.29, 0.717) is 13.0 Å². The Morgan fingerprint density at radius 2 is 1.84 bits per heavy atom. The number of alkyl halides is 2. The highest BCUT2D eigenvalue weighted by Crippen LogP contribution is 2.21. The fraction of sp³-hybridized carbons (Fsp3) is 0.929. The van der Waals surface area contributed by atoms with E-state index in [0.717, 1.165) is 37.9 Å². The topological polar surface area (TPSA) is 26.3 Å². The molecule has 19 heavy (non-hydrogen) atoms. The zero-order valence-corrected chi connectivity index (χ0v) is 12.8. The Kier molecular flexibility index (Phi) is 12.5. The third-order valence-electron chi connectivity index (χ3n) is 2.76. The second-order valence-corrected chi connectivity index (χ2v) is 5.80. The van der Waals surface area contributed by atoms with Crippen LogP contribution in [0.15, 0.2) is 0 Å². The lowest BCUT2D eigenvalue weighted by Gasteiger charge is -2.14. The molecule has 0 rings (SSSR count). The van der Waals surface area contributed by atoms with E-state index in [4.69, 9.17) is 4.74 Å². The lowest BCUT2D eigenvalue weighted by atomic mass is 10.2. The van der Waals surface area contributed by atoms with Crippen LogP contribution in [0.1, 0.15) is 58.8 Å². The average molecular weight is 296 g/mol. The van der Waals surface area contributed by atoms with E-state index in [1.165, 1.54) is 0 Å². The number of halogens is 2. The number of thioether (sulfide) groups is 1. The van der Waals surface area contributed by atoms with Crippen molar-refractivity contribution in [1.29, 1.82) is 0 Å². The normalized spacial score (nSPS) is 12.7. The van der Waals surface area contributed by atoms with Gasteiger partial charge in [0.1, 0.15) is 5.25 Å². The van der Waals surface area contributed by atoms with Crippen LogP contribution in [0.3, 0.4) is 0 Å². The van der Waals surface area contributed by atoms with Crippen LogP contribution in [-0.2, 0) is 9.53 Å². The third-order valence-corrected chi connectivity index (χ3v) is 4.11. The molecule has 0 radical (unpaired) electrons. The van der Waals surface area contributed by atoms with Gasteiger partial charge in [-0.25, -0.2) is 8.78 Å². The Balaban J connectivity index is 3.76. The summed E-state index contributed by atoms with van der Waals surface area (Å²) >= 11 is 1.61. The first-order valence-electron chi connectivity index (χ1n) is 7.18. The van der Waals surface area contributed by atoms with Crippen molar-refractivity contribution >= 4 is 17.7 Å². The molecule has 0 spiro atoms. The maximum absolute atomic E-state index is 11.9. The van der Waals surface area contributed by atoms with Crippen LogP contribution >= 0.6 is 11.8 Å². The van der Waals surface area contributed by atoms with Crippen LogP contribution in [0, 0.1) is 0 Å². The van der Waals surface area contributed by atoms with Crippen LogP contribution in [0.2, 0.25) is 0 Å². The SMILES string of the molecule is CCCCC(SCCCCCC(F)F)C(=O)OCC. The molecule has 0 aromatic rings. The summed E-state index contributed by atoms with van der Waals surface area (Å²) in [5.41, 5.74) is 0. The van der Waals surface area contributed by atoms with Crippen molar-refractivity contribution in [2.45, 2.75) is 70.5 Å². The van der Waals surface area contributed by atoms with Crippen LogP contribution in [0.25, 0.3) is 0 Å². The van der Waals surface area contributed by atoms with Gasteiger partial charge in [0.25, 0.3) is 0 Å². The third kappa shape index (κ3) is 11.2. The smallest absolute Gasteiger partial charge is 0.319 e. The molecule has 5 heteroatoms. The molecule has 0 bridgehead atoms.